The van der Waals surface area contributed by atoms with Crippen molar-refractivity contribution in [3.63, 3.8) is 0 Å². The first-order chi connectivity index (χ1) is 10.1. The average Bonchev–Trinajstić information content (AvgIpc) is 3.28. The van der Waals surface area contributed by atoms with Crippen molar-refractivity contribution >= 4 is 15.9 Å². The van der Waals surface area contributed by atoms with Crippen molar-refractivity contribution in [1.29, 1.82) is 0 Å². The van der Waals surface area contributed by atoms with Crippen LogP contribution < -0.4 is 15.2 Å². The van der Waals surface area contributed by atoms with Gasteiger partial charge in [0, 0.05) is 6.04 Å². The van der Waals surface area contributed by atoms with Crippen LogP contribution in [0, 0.1) is 5.92 Å². The van der Waals surface area contributed by atoms with E-state index in [1.165, 1.54) is 12.8 Å². The zero-order valence-electron chi connectivity index (χ0n) is 12.7. The van der Waals surface area contributed by atoms with E-state index in [0.29, 0.717) is 11.5 Å². The molecule has 0 bridgehead atoms. The Labute approximate surface area is 135 Å². The number of ether oxygens (including phenoxy) is 3. The lowest BCUT2D eigenvalue weighted by atomic mass is 10.0. The van der Waals surface area contributed by atoms with E-state index in [2.05, 4.69) is 22.9 Å². The molecule has 0 aromatic heterocycles. The van der Waals surface area contributed by atoms with Crippen molar-refractivity contribution in [3.05, 3.63) is 22.2 Å². The second-order valence-corrected chi connectivity index (χ2v) is 6.41. The van der Waals surface area contributed by atoms with Crippen LogP contribution in [-0.2, 0) is 11.2 Å². The van der Waals surface area contributed by atoms with Gasteiger partial charge < -0.3 is 19.9 Å². The highest BCUT2D eigenvalue weighted by Gasteiger charge is 2.21. The molecule has 0 saturated heterocycles. The minimum atomic E-state index is 0.162. The van der Waals surface area contributed by atoms with Crippen LogP contribution >= 0.6 is 15.9 Å². The monoisotopic (exact) mass is 357 g/mol. The molecule has 0 radical (unpaired) electrons. The maximum Gasteiger partial charge on any atom is 0.189 e. The van der Waals surface area contributed by atoms with E-state index in [1.807, 2.05) is 12.1 Å². The van der Waals surface area contributed by atoms with Gasteiger partial charge >= 0.3 is 0 Å². The van der Waals surface area contributed by atoms with Crippen molar-refractivity contribution in [2.75, 3.05) is 20.5 Å². The molecule has 0 amide bonds. The highest BCUT2D eigenvalue weighted by atomic mass is 79.9. The normalized spacial score (nSPS) is 15.8. The van der Waals surface area contributed by atoms with Gasteiger partial charge in [-0.3, -0.25) is 0 Å². The summed E-state index contributed by atoms with van der Waals surface area (Å²) in [6.45, 7) is 3.12. The summed E-state index contributed by atoms with van der Waals surface area (Å²) in [6, 6.07) is 4.18. The second kappa shape index (κ2) is 8.01. The average molecular weight is 358 g/mol. The lowest BCUT2D eigenvalue weighted by molar-refractivity contribution is 0.00821. The van der Waals surface area contributed by atoms with E-state index < -0.39 is 0 Å². The third-order valence-corrected chi connectivity index (χ3v) is 4.24. The minimum Gasteiger partial charge on any atom is -0.493 e. The van der Waals surface area contributed by atoms with Gasteiger partial charge in [-0.05, 0) is 65.2 Å². The van der Waals surface area contributed by atoms with Gasteiger partial charge in [-0.25, -0.2) is 0 Å². The van der Waals surface area contributed by atoms with Crippen molar-refractivity contribution in [1.82, 2.24) is 0 Å². The molecule has 0 spiro atoms. The molecule has 118 valence electrons. The van der Waals surface area contributed by atoms with Crippen molar-refractivity contribution in [3.8, 4) is 11.5 Å². The van der Waals surface area contributed by atoms with Crippen LogP contribution in [0.25, 0.3) is 0 Å². The standard InChI is InChI=1S/C16H24BrNO3/c1-3-13(18)6-12-7-14(17)16(15(8-12)19-2)21-10-20-9-11-4-5-11/h7-8,11,13H,3-6,9-10,18H2,1-2H3. The fourth-order valence-corrected chi connectivity index (χ4v) is 2.68. The first kappa shape index (κ1) is 16.6. The Morgan fingerprint density at radius 3 is 2.76 bits per heavy atom. The van der Waals surface area contributed by atoms with Crippen LogP contribution in [0.4, 0.5) is 0 Å². The molecule has 0 aliphatic heterocycles. The summed E-state index contributed by atoms with van der Waals surface area (Å²) in [6.07, 6.45) is 4.33. The van der Waals surface area contributed by atoms with Crippen molar-refractivity contribution < 1.29 is 14.2 Å². The fraction of sp³-hybridized carbons (Fsp3) is 0.625. The number of methoxy groups -OCH3 is 1. The third kappa shape index (κ3) is 5.16. The van der Waals surface area contributed by atoms with E-state index in [9.17, 15) is 0 Å². The third-order valence-electron chi connectivity index (χ3n) is 3.65. The quantitative estimate of drug-likeness (QED) is 0.542. The fourth-order valence-electron chi connectivity index (χ4n) is 2.08. The maximum atomic E-state index is 6.01. The largest absolute Gasteiger partial charge is 0.493 e. The predicted octanol–water partition coefficient (Wildman–Crippen LogP) is 3.50. The highest BCUT2D eigenvalue weighted by molar-refractivity contribution is 9.10. The van der Waals surface area contributed by atoms with Gasteiger partial charge in [0.05, 0.1) is 18.2 Å². The van der Waals surface area contributed by atoms with E-state index in [-0.39, 0.29) is 12.8 Å². The molecule has 5 heteroatoms. The molecule has 1 aromatic carbocycles. The van der Waals surface area contributed by atoms with E-state index in [4.69, 9.17) is 19.9 Å². The summed E-state index contributed by atoms with van der Waals surface area (Å²) in [5.74, 6) is 2.12. The smallest absolute Gasteiger partial charge is 0.189 e. The van der Waals surface area contributed by atoms with Crippen LogP contribution in [0.5, 0.6) is 11.5 Å². The van der Waals surface area contributed by atoms with Crippen LogP contribution in [-0.4, -0.2) is 26.6 Å². The van der Waals surface area contributed by atoms with E-state index in [1.54, 1.807) is 7.11 Å². The molecule has 1 saturated carbocycles. The van der Waals surface area contributed by atoms with Crippen LogP contribution in [0.3, 0.4) is 0 Å². The molecular weight excluding hydrogens is 334 g/mol. The van der Waals surface area contributed by atoms with Gasteiger partial charge in [-0.2, -0.15) is 0 Å². The van der Waals surface area contributed by atoms with Gasteiger partial charge in [0.2, 0.25) is 0 Å². The Morgan fingerprint density at radius 1 is 1.38 bits per heavy atom. The molecule has 21 heavy (non-hydrogen) atoms. The molecule has 1 unspecified atom stereocenters. The Balaban J connectivity index is 1.97. The van der Waals surface area contributed by atoms with Crippen LogP contribution in [0.1, 0.15) is 31.7 Å². The summed E-state index contributed by atoms with van der Waals surface area (Å²) in [4.78, 5) is 0. The van der Waals surface area contributed by atoms with E-state index >= 15 is 0 Å². The molecule has 2 N–H and O–H groups in total. The summed E-state index contributed by atoms with van der Waals surface area (Å²) >= 11 is 3.54. The van der Waals surface area contributed by atoms with Crippen LogP contribution in [0.15, 0.2) is 16.6 Å². The Bertz CT molecular complexity index is 463. The first-order valence-electron chi connectivity index (χ1n) is 7.46. The molecule has 4 nitrogen and oxygen atoms in total. The Hall–Kier alpha value is -0.780. The molecule has 1 aliphatic carbocycles. The molecule has 1 aliphatic rings. The van der Waals surface area contributed by atoms with Gasteiger partial charge in [0.25, 0.3) is 0 Å². The number of rotatable bonds is 9. The molecule has 2 rings (SSSR count). The summed E-state index contributed by atoms with van der Waals surface area (Å²) in [7, 11) is 1.64. The summed E-state index contributed by atoms with van der Waals surface area (Å²) in [5, 5.41) is 0. The summed E-state index contributed by atoms with van der Waals surface area (Å²) < 4.78 is 17.5. The summed E-state index contributed by atoms with van der Waals surface area (Å²) in [5.41, 5.74) is 7.15. The van der Waals surface area contributed by atoms with Gasteiger partial charge in [0.1, 0.15) is 0 Å². The topological polar surface area (TPSA) is 53.7 Å². The van der Waals surface area contributed by atoms with E-state index in [0.717, 1.165) is 35.4 Å². The van der Waals surface area contributed by atoms with Gasteiger partial charge in [0.15, 0.2) is 18.3 Å². The minimum absolute atomic E-state index is 0.162. The molecule has 1 fully saturated rings. The first-order valence-corrected chi connectivity index (χ1v) is 8.25. The number of benzene rings is 1. The van der Waals surface area contributed by atoms with Gasteiger partial charge in [-0.15, -0.1) is 0 Å². The lowest BCUT2D eigenvalue weighted by Gasteiger charge is -2.16. The zero-order chi connectivity index (χ0) is 15.2. The molecule has 1 atom stereocenters. The zero-order valence-corrected chi connectivity index (χ0v) is 14.3. The number of nitrogens with two attached hydrogens (primary N) is 1. The molecule has 0 heterocycles. The highest BCUT2D eigenvalue weighted by Crippen LogP contribution is 2.37. The maximum absolute atomic E-state index is 6.01. The predicted molar refractivity (Wildman–Crippen MR) is 86.8 cm³/mol. The number of halogens is 1. The van der Waals surface area contributed by atoms with Crippen molar-refractivity contribution in [2.24, 2.45) is 11.7 Å². The molecular formula is C16H24BrNO3. The second-order valence-electron chi connectivity index (χ2n) is 5.56. The Morgan fingerprint density at radius 2 is 2.14 bits per heavy atom. The lowest BCUT2D eigenvalue weighted by Crippen LogP contribution is -2.21. The van der Waals surface area contributed by atoms with Gasteiger partial charge in [-0.1, -0.05) is 6.92 Å². The van der Waals surface area contributed by atoms with Crippen LogP contribution in [0.2, 0.25) is 0 Å². The Kier molecular flexibility index (Phi) is 6.33. The number of hydrogen-bond donors (Lipinski definition) is 1. The number of hydrogen-bond acceptors (Lipinski definition) is 4. The molecule has 1 aromatic rings. The SMILES string of the molecule is CCC(N)Cc1cc(Br)c(OCOCC2CC2)c(OC)c1. The van der Waals surface area contributed by atoms with Crippen molar-refractivity contribution in [2.45, 2.75) is 38.6 Å².